The predicted octanol–water partition coefficient (Wildman–Crippen LogP) is 2.56. The van der Waals surface area contributed by atoms with E-state index in [-0.39, 0.29) is 5.60 Å². The fraction of sp³-hybridized carbons (Fsp3) is 0.417. The van der Waals surface area contributed by atoms with E-state index >= 15 is 0 Å². The van der Waals surface area contributed by atoms with E-state index in [1.165, 1.54) is 0 Å². The van der Waals surface area contributed by atoms with Crippen LogP contribution in [0.5, 0.6) is 0 Å². The molecule has 0 saturated carbocycles. The van der Waals surface area contributed by atoms with Crippen LogP contribution in [0.1, 0.15) is 30.3 Å². The molecule has 0 spiro atoms. The zero-order chi connectivity index (χ0) is 10.0. The van der Waals surface area contributed by atoms with E-state index in [2.05, 4.69) is 13.8 Å². The Kier molecular flexibility index (Phi) is 2.28. The molecule has 1 heterocycles. The van der Waals surface area contributed by atoms with Crippen molar-refractivity contribution < 1.29 is 9.16 Å². The average molecular weight is 191 g/mol. The van der Waals surface area contributed by atoms with Gasteiger partial charge >= 0.3 is 5.97 Å². The summed E-state index contributed by atoms with van der Waals surface area (Å²) in [7, 11) is 0. The fourth-order valence-electron chi connectivity index (χ4n) is 1.44. The average Bonchev–Trinajstić information content (AvgIpc) is 2.18. The molecule has 0 aliphatic carbocycles. The van der Waals surface area contributed by atoms with Gasteiger partial charge in [-0.1, -0.05) is 18.2 Å². The lowest BCUT2D eigenvalue weighted by atomic mass is 10.0. The van der Waals surface area contributed by atoms with Crippen LogP contribution in [-0.4, -0.2) is 18.2 Å². The van der Waals surface area contributed by atoms with Crippen molar-refractivity contribution in [2.24, 2.45) is 0 Å². The highest BCUT2D eigenvalue weighted by Crippen LogP contribution is 2.21. The van der Waals surface area contributed by atoms with E-state index < -0.39 is 0 Å². The molecule has 1 aromatic carbocycles. The van der Waals surface area contributed by atoms with Crippen molar-refractivity contribution in [2.75, 3.05) is 6.61 Å². The van der Waals surface area contributed by atoms with Crippen molar-refractivity contribution in [1.82, 2.24) is 0 Å². The molecule has 1 aliphatic heterocycles. The fourth-order valence-corrected chi connectivity index (χ4v) is 1.44. The molecule has 2 heteroatoms. The van der Waals surface area contributed by atoms with Gasteiger partial charge in [-0.05, 0) is 12.1 Å². The minimum absolute atomic E-state index is 0.108. The molecule has 2 rings (SSSR count). The topological polar surface area (TPSA) is 20.5 Å². The summed E-state index contributed by atoms with van der Waals surface area (Å²) in [5.41, 5.74) is 0.906. The number of cyclic esters (lactones) is 1. The van der Waals surface area contributed by atoms with Crippen LogP contribution in [0.3, 0.4) is 0 Å². The van der Waals surface area contributed by atoms with E-state index in [9.17, 15) is 0 Å². The highest BCUT2D eigenvalue weighted by Gasteiger charge is 2.37. The number of rotatable bonds is 1. The zero-order valence-corrected chi connectivity index (χ0v) is 8.62. The minimum atomic E-state index is -0.108. The lowest BCUT2D eigenvalue weighted by Crippen LogP contribution is -2.33. The summed E-state index contributed by atoms with van der Waals surface area (Å²) in [6.45, 7) is 4.90. The first-order valence-electron chi connectivity index (χ1n) is 4.92. The standard InChI is InChI=1S/C12H15O2/c1-12(2)8-9-13-11(14-12)10-6-4-3-5-7-10/h3-7H,8-9H2,1-2H3/q+1. The van der Waals surface area contributed by atoms with Gasteiger partial charge in [0, 0.05) is 13.8 Å². The second kappa shape index (κ2) is 3.45. The van der Waals surface area contributed by atoms with Crippen molar-refractivity contribution >= 4 is 5.97 Å². The molecular weight excluding hydrogens is 176 g/mol. The Balaban J connectivity index is 2.24. The third-order valence-corrected chi connectivity index (χ3v) is 2.32. The van der Waals surface area contributed by atoms with Crippen LogP contribution in [0.4, 0.5) is 0 Å². The Labute approximate surface area is 84.2 Å². The molecule has 0 amide bonds. The Morgan fingerprint density at radius 2 is 1.93 bits per heavy atom. The van der Waals surface area contributed by atoms with Gasteiger partial charge in [-0.3, -0.25) is 0 Å². The Hall–Kier alpha value is -1.31. The van der Waals surface area contributed by atoms with E-state index in [0.717, 1.165) is 18.6 Å². The van der Waals surface area contributed by atoms with Crippen LogP contribution in [0.25, 0.3) is 0 Å². The molecule has 0 unspecified atom stereocenters. The summed E-state index contributed by atoms with van der Waals surface area (Å²) >= 11 is 0. The van der Waals surface area contributed by atoms with Gasteiger partial charge in [-0.25, -0.2) is 0 Å². The number of esters is 1. The maximum absolute atomic E-state index is 5.75. The highest BCUT2D eigenvalue weighted by molar-refractivity contribution is 5.90. The smallest absolute Gasteiger partial charge is 0.318 e. The molecule has 0 atom stereocenters. The number of ether oxygens (including phenoxy) is 1. The van der Waals surface area contributed by atoms with Gasteiger partial charge in [0.1, 0.15) is 5.56 Å². The SMILES string of the molecule is CC1(C)CC[O+]=C(c2ccccc2)O1. The van der Waals surface area contributed by atoms with Crippen LogP contribution < -0.4 is 0 Å². The molecule has 0 N–H and O–H groups in total. The predicted molar refractivity (Wildman–Crippen MR) is 55.4 cm³/mol. The summed E-state index contributed by atoms with van der Waals surface area (Å²) < 4.78 is 11.2. The molecule has 0 bridgehead atoms. The zero-order valence-electron chi connectivity index (χ0n) is 8.62. The van der Waals surface area contributed by atoms with Crippen molar-refractivity contribution in [3.05, 3.63) is 35.9 Å². The van der Waals surface area contributed by atoms with Crippen molar-refractivity contribution in [1.29, 1.82) is 0 Å². The van der Waals surface area contributed by atoms with Crippen LogP contribution in [-0.2, 0) is 4.74 Å². The molecule has 1 aliphatic rings. The lowest BCUT2D eigenvalue weighted by Gasteiger charge is -2.19. The van der Waals surface area contributed by atoms with Crippen LogP contribution in [0, 0.1) is 0 Å². The first-order chi connectivity index (χ1) is 6.67. The first kappa shape index (κ1) is 9.25. The Morgan fingerprint density at radius 1 is 1.21 bits per heavy atom. The molecular formula is C12H15O2+. The molecule has 0 fully saturated rings. The maximum Gasteiger partial charge on any atom is 0.520 e. The third-order valence-electron chi connectivity index (χ3n) is 2.32. The second-order valence-corrected chi connectivity index (χ2v) is 4.11. The van der Waals surface area contributed by atoms with E-state index in [4.69, 9.17) is 9.16 Å². The van der Waals surface area contributed by atoms with Gasteiger partial charge in [0.2, 0.25) is 5.60 Å². The lowest BCUT2D eigenvalue weighted by molar-refractivity contribution is -0.317. The molecule has 1 aromatic rings. The Bertz CT molecular complexity index is 339. The highest BCUT2D eigenvalue weighted by atomic mass is 16.6. The summed E-state index contributed by atoms with van der Waals surface area (Å²) in [6, 6.07) is 9.94. The Morgan fingerprint density at radius 3 is 2.57 bits per heavy atom. The summed E-state index contributed by atoms with van der Waals surface area (Å²) in [5, 5.41) is 0. The molecule has 74 valence electrons. The van der Waals surface area contributed by atoms with E-state index in [0.29, 0.717) is 5.97 Å². The van der Waals surface area contributed by atoms with Gasteiger partial charge in [-0.15, -0.1) is 0 Å². The van der Waals surface area contributed by atoms with Crippen molar-refractivity contribution in [2.45, 2.75) is 25.9 Å². The summed E-state index contributed by atoms with van der Waals surface area (Å²) in [4.78, 5) is 0. The first-order valence-corrected chi connectivity index (χ1v) is 4.92. The van der Waals surface area contributed by atoms with Crippen LogP contribution >= 0.6 is 0 Å². The maximum atomic E-state index is 5.75. The molecule has 0 saturated heterocycles. The van der Waals surface area contributed by atoms with E-state index in [1.807, 2.05) is 30.3 Å². The van der Waals surface area contributed by atoms with Gasteiger partial charge in [0.05, 0.1) is 6.42 Å². The molecule has 14 heavy (non-hydrogen) atoms. The summed E-state index contributed by atoms with van der Waals surface area (Å²) in [5.74, 6) is 0.654. The number of hydrogen-bond acceptors (Lipinski definition) is 1. The monoisotopic (exact) mass is 191 g/mol. The van der Waals surface area contributed by atoms with Gasteiger partial charge < -0.3 is 9.16 Å². The van der Waals surface area contributed by atoms with Gasteiger partial charge in [-0.2, -0.15) is 0 Å². The minimum Gasteiger partial charge on any atom is -0.318 e. The quantitative estimate of drug-likeness (QED) is 0.493. The largest absolute Gasteiger partial charge is 0.520 e. The number of carbonyl (C=O) groups excluding carboxylic acids is 1. The van der Waals surface area contributed by atoms with Crippen molar-refractivity contribution in [3.8, 4) is 0 Å². The number of hydrogen-bond donors (Lipinski definition) is 0. The second-order valence-electron chi connectivity index (χ2n) is 4.11. The molecule has 0 radical (unpaired) electrons. The third kappa shape index (κ3) is 1.95. The van der Waals surface area contributed by atoms with Gasteiger partial charge in [0.15, 0.2) is 6.61 Å². The van der Waals surface area contributed by atoms with Crippen LogP contribution in [0.15, 0.2) is 30.3 Å². The molecule has 0 aromatic heterocycles. The number of benzene rings is 1. The van der Waals surface area contributed by atoms with Crippen LogP contribution in [0.2, 0.25) is 0 Å². The summed E-state index contributed by atoms with van der Waals surface area (Å²) in [6.07, 6.45) is 0.934. The van der Waals surface area contributed by atoms with E-state index in [1.54, 1.807) is 0 Å². The normalized spacial score (nSPS) is 19.7. The van der Waals surface area contributed by atoms with Gasteiger partial charge in [0.25, 0.3) is 0 Å². The van der Waals surface area contributed by atoms with Crippen molar-refractivity contribution in [3.63, 3.8) is 0 Å². The molecule has 2 nitrogen and oxygen atoms in total.